The summed E-state index contributed by atoms with van der Waals surface area (Å²) >= 11 is 6.33. The van der Waals surface area contributed by atoms with Gasteiger partial charge in [0.1, 0.15) is 0 Å². The van der Waals surface area contributed by atoms with E-state index in [2.05, 4.69) is 23.6 Å². The van der Waals surface area contributed by atoms with Crippen molar-refractivity contribution in [3.8, 4) is 0 Å². The van der Waals surface area contributed by atoms with E-state index >= 15 is 0 Å². The minimum atomic E-state index is -0.0757. The minimum absolute atomic E-state index is 0.0542. The molecule has 0 radical (unpaired) electrons. The minimum Gasteiger partial charge on any atom is -0.396 e. The van der Waals surface area contributed by atoms with Crippen molar-refractivity contribution in [2.45, 2.75) is 58.3 Å². The molecule has 1 amide bonds. The second kappa shape index (κ2) is 10.6. The first-order valence-electron chi connectivity index (χ1n) is 11.1. The van der Waals surface area contributed by atoms with Crippen LogP contribution in [-0.2, 0) is 6.42 Å². The number of halogens is 1. The van der Waals surface area contributed by atoms with E-state index in [1.165, 1.54) is 25.7 Å². The van der Waals surface area contributed by atoms with Crippen molar-refractivity contribution in [2.24, 2.45) is 11.3 Å². The number of rotatable bonds is 10. The Kier molecular flexibility index (Phi) is 8.16. The van der Waals surface area contributed by atoms with Crippen LogP contribution in [0, 0.1) is 11.3 Å². The van der Waals surface area contributed by atoms with Gasteiger partial charge in [-0.25, -0.2) is 0 Å². The molecule has 1 aromatic carbocycles. The number of allylic oxidation sites excluding steroid dienone is 1. The van der Waals surface area contributed by atoms with Crippen LogP contribution in [0.4, 0.5) is 0 Å². The molecule has 0 heterocycles. The molecule has 2 aliphatic carbocycles. The number of carbonyl (C=O) groups excluding carboxylic acids is 1. The molecule has 3 N–H and O–H groups in total. The molecule has 4 nitrogen and oxygen atoms in total. The van der Waals surface area contributed by atoms with Crippen LogP contribution in [-0.4, -0.2) is 37.3 Å². The van der Waals surface area contributed by atoms with Crippen LogP contribution in [0.25, 0.3) is 0 Å². The summed E-state index contributed by atoms with van der Waals surface area (Å²) in [7, 11) is 0. The lowest BCUT2D eigenvalue weighted by Crippen LogP contribution is -2.38. The van der Waals surface area contributed by atoms with E-state index in [-0.39, 0.29) is 17.9 Å². The Morgan fingerprint density at radius 2 is 2.14 bits per heavy atom. The number of aliphatic hydroxyl groups is 1. The molecular weight excluding hydrogens is 384 g/mol. The van der Waals surface area contributed by atoms with Gasteiger partial charge < -0.3 is 15.7 Å². The van der Waals surface area contributed by atoms with Gasteiger partial charge in [-0.15, -0.1) is 0 Å². The molecule has 0 spiro atoms. The lowest BCUT2D eigenvalue weighted by atomic mass is 9.67. The zero-order valence-corrected chi connectivity index (χ0v) is 18.4. The van der Waals surface area contributed by atoms with Gasteiger partial charge in [-0.2, -0.15) is 0 Å². The summed E-state index contributed by atoms with van der Waals surface area (Å²) < 4.78 is 0. The molecule has 2 atom stereocenters. The Labute approximate surface area is 180 Å². The molecular formula is C24H35ClN2O2. The molecule has 3 rings (SSSR count). The summed E-state index contributed by atoms with van der Waals surface area (Å²) in [4.78, 5) is 12.8. The van der Waals surface area contributed by atoms with Gasteiger partial charge in [0.15, 0.2) is 0 Å². The van der Waals surface area contributed by atoms with Crippen LogP contribution >= 0.6 is 11.6 Å². The summed E-state index contributed by atoms with van der Waals surface area (Å²) in [5.41, 5.74) is 3.34. The van der Waals surface area contributed by atoms with E-state index < -0.39 is 0 Å². The molecule has 0 aliphatic heterocycles. The van der Waals surface area contributed by atoms with Crippen LogP contribution < -0.4 is 10.6 Å². The molecule has 1 fully saturated rings. The third-order valence-corrected chi connectivity index (χ3v) is 6.56. The number of nitrogens with one attached hydrogen (secondary N) is 2. The lowest BCUT2D eigenvalue weighted by Gasteiger charge is -2.39. The lowest BCUT2D eigenvalue weighted by molar-refractivity contribution is 0.0932. The fourth-order valence-corrected chi connectivity index (χ4v) is 5.06. The zero-order chi connectivity index (χ0) is 20.7. The second-order valence-electron chi connectivity index (χ2n) is 9.05. The SMILES string of the molecule is CC1(CNC(=O)c2cc(CCCNCCCO)ccc2Cl)C=C2CCCC(C2)C1. The van der Waals surface area contributed by atoms with Gasteiger partial charge in [0.2, 0.25) is 0 Å². The summed E-state index contributed by atoms with van der Waals surface area (Å²) in [5, 5.41) is 15.8. The van der Waals surface area contributed by atoms with Gasteiger partial charge in [0.05, 0.1) is 10.6 Å². The Morgan fingerprint density at radius 3 is 2.93 bits per heavy atom. The third kappa shape index (κ3) is 6.56. The zero-order valence-electron chi connectivity index (χ0n) is 17.6. The Hall–Kier alpha value is -1.36. The highest BCUT2D eigenvalue weighted by Crippen LogP contribution is 2.43. The van der Waals surface area contributed by atoms with E-state index in [9.17, 15) is 4.79 Å². The van der Waals surface area contributed by atoms with Gasteiger partial charge in [0.25, 0.3) is 5.91 Å². The predicted octanol–water partition coefficient (Wildman–Crippen LogP) is 4.50. The van der Waals surface area contributed by atoms with E-state index in [4.69, 9.17) is 16.7 Å². The van der Waals surface area contributed by atoms with Crippen molar-refractivity contribution in [3.63, 3.8) is 0 Å². The van der Waals surface area contributed by atoms with Gasteiger partial charge in [-0.05, 0) is 88.1 Å². The van der Waals surface area contributed by atoms with Gasteiger partial charge in [-0.3, -0.25) is 4.79 Å². The molecule has 0 saturated heterocycles. The normalized spacial score (nSPS) is 23.6. The Balaban J connectivity index is 1.53. The van der Waals surface area contributed by atoms with Crippen LogP contribution in [0.3, 0.4) is 0 Å². The first-order chi connectivity index (χ1) is 14.0. The van der Waals surface area contributed by atoms with Crippen molar-refractivity contribution in [2.75, 3.05) is 26.2 Å². The maximum Gasteiger partial charge on any atom is 0.252 e. The summed E-state index contributed by atoms with van der Waals surface area (Å²) in [6.45, 7) is 4.89. The Morgan fingerprint density at radius 1 is 1.31 bits per heavy atom. The van der Waals surface area contributed by atoms with Crippen LogP contribution in [0.1, 0.15) is 67.8 Å². The highest BCUT2D eigenvalue weighted by Gasteiger charge is 2.33. The molecule has 0 aromatic heterocycles. The van der Waals surface area contributed by atoms with Crippen molar-refractivity contribution >= 4 is 17.5 Å². The number of aliphatic hydroxyl groups excluding tert-OH is 1. The number of hydrogen-bond acceptors (Lipinski definition) is 3. The molecule has 2 bridgehead atoms. The fraction of sp³-hybridized carbons (Fsp3) is 0.625. The molecule has 5 heteroatoms. The van der Waals surface area contributed by atoms with Crippen molar-refractivity contribution in [3.05, 3.63) is 46.0 Å². The standard InChI is InChI=1S/C24H35ClN2O2/c1-24(15-19-5-2-6-20(13-19)16-24)17-27-23(29)21-14-18(8-9-22(21)25)7-3-10-26-11-4-12-28/h8-9,14-15,20,26,28H,2-7,10-13,16-17H2,1H3,(H,27,29). The van der Waals surface area contributed by atoms with Gasteiger partial charge in [0, 0.05) is 18.6 Å². The van der Waals surface area contributed by atoms with Crippen LogP contribution in [0.5, 0.6) is 0 Å². The third-order valence-electron chi connectivity index (χ3n) is 6.23. The smallest absolute Gasteiger partial charge is 0.252 e. The molecule has 1 aromatic rings. The maximum absolute atomic E-state index is 12.8. The second-order valence-corrected chi connectivity index (χ2v) is 9.46. The molecule has 2 unspecified atom stereocenters. The van der Waals surface area contributed by atoms with Crippen molar-refractivity contribution in [1.29, 1.82) is 0 Å². The number of hydrogen-bond donors (Lipinski definition) is 3. The number of benzene rings is 1. The van der Waals surface area contributed by atoms with Crippen molar-refractivity contribution in [1.82, 2.24) is 10.6 Å². The largest absolute Gasteiger partial charge is 0.396 e. The number of amides is 1. The van der Waals surface area contributed by atoms with E-state index in [0.29, 0.717) is 17.1 Å². The van der Waals surface area contributed by atoms with Crippen LogP contribution in [0.2, 0.25) is 5.02 Å². The maximum atomic E-state index is 12.8. The first-order valence-corrected chi connectivity index (χ1v) is 11.5. The first kappa shape index (κ1) is 22.3. The monoisotopic (exact) mass is 418 g/mol. The van der Waals surface area contributed by atoms with E-state index in [0.717, 1.165) is 50.3 Å². The van der Waals surface area contributed by atoms with Crippen LogP contribution in [0.15, 0.2) is 29.8 Å². The highest BCUT2D eigenvalue weighted by atomic mass is 35.5. The molecule has 160 valence electrons. The molecule has 1 saturated carbocycles. The molecule has 29 heavy (non-hydrogen) atoms. The number of fused-ring (bicyclic) bond motifs is 2. The average Bonchev–Trinajstić information content (AvgIpc) is 2.69. The predicted molar refractivity (Wildman–Crippen MR) is 119 cm³/mol. The van der Waals surface area contributed by atoms with Gasteiger partial charge in [-0.1, -0.05) is 36.2 Å². The summed E-state index contributed by atoms with van der Waals surface area (Å²) in [6.07, 6.45) is 11.4. The molecule has 2 aliphatic rings. The van der Waals surface area contributed by atoms with E-state index in [1.807, 2.05) is 18.2 Å². The summed E-state index contributed by atoms with van der Waals surface area (Å²) in [5.74, 6) is 0.705. The number of aryl methyl sites for hydroxylation is 1. The quantitative estimate of drug-likeness (QED) is 0.387. The van der Waals surface area contributed by atoms with Gasteiger partial charge >= 0.3 is 0 Å². The topological polar surface area (TPSA) is 61.4 Å². The highest BCUT2D eigenvalue weighted by molar-refractivity contribution is 6.33. The summed E-state index contributed by atoms with van der Waals surface area (Å²) in [6, 6.07) is 5.77. The van der Waals surface area contributed by atoms with E-state index in [1.54, 1.807) is 5.57 Å². The fourth-order valence-electron chi connectivity index (χ4n) is 4.86. The van der Waals surface area contributed by atoms with Crippen molar-refractivity contribution < 1.29 is 9.90 Å². The number of carbonyl (C=O) groups is 1. The Bertz CT molecular complexity index is 734. The average molecular weight is 419 g/mol.